The molecule has 1 fully saturated rings. The third kappa shape index (κ3) is 1.85. The normalized spacial score (nSPS) is 15.5. The highest BCUT2D eigenvalue weighted by molar-refractivity contribution is 6.44. The first-order valence-corrected chi connectivity index (χ1v) is 3.73. The van der Waals surface area contributed by atoms with E-state index in [0.717, 1.165) is 4.90 Å². The van der Waals surface area contributed by atoms with Gasteiger partial charge in [-0.3, -0.25) is 19.8 Å². The van der Waals surface area contributed by atoms with Gasteiger partial charge in [-0.25, -0.2) is 4.79 Å². The maximum atomic E-state index is 11.0. The zero-order valence-electron chi connectivity index (χ0n) is 7.09. The van der Waals surface area contributed by atoms with Crippen LogP contribution in [-0.4, -0.2) is 29.3 Å². The summed E-state index contributed by atoms with van der Waals surface area (Å²) in [4.78, 5) is 33.4. The molecule has 0 aliphatic carbocycles. The minimum atomic E-state index is -0.866. The summed E-state index contributed by atoms with van der Waals surface area (Å²) < 4.78 is 0. The Bertz CT molecular complexity index is 324. The summed E-state index contributed by atoms with van der Waals surface area (Å²) >= 11 is 0. The second kappa shape index (κ2) is 3.72. The summed E-state index contributed by atoms with van der Waals surface area (Å²) in [5, 5.41) is 1.89. The molecule has 5 nitrogen and oxygen atoms in total. The standard InChI is InChI=1S/C8H8N2O3/c1-2-3-4-5-10-7(12)6(11)9-8(10)13/h4-5H2,1H3,(H,9,11,13). The van der Waals surface area contributed by atoms with Gasteiger partial charge in [-0.05, 0) is 6.92 Å². The zero-order valence-corrected chi connectivity index (χ0v) is 7.09. The lowest BCUT2D eigenvalue weighted by Crippen LogP contribution is -2.31. The van der Waals surface area contributed by atoms with E-state index in [1.807, 2.05) is 5.32 Å². The van der Waals surface area contributed by atoms with Crippen molar-refractivity contribution in [2.75, 3.05) is 6.54 Å². The maximum absolute atomic E-state index is 11.0. The third-order valence-electron chi connectivity index (χ3n) is 1.54. The van der Waals surface area contributed by atoms with Crippen LogP contribution < -0.4 is 5.32 Å². The van der Waals surface area contributed by atoms with E-state index in [0.29, 0.717) is 6.42 Å². The van der Waals surface area contributed by atoms with Crippen molar-refractivity contribution in [3.8, 4) is 11.8 Å². The second-order valence-corrected chi connectivity index (χ2v) is 2.39. The molecule has 0 bridgehead atoms. The molecule has 0 atom stereocenters. The van der Waals surface area contributed by atoms with Crippen LogP contribution in [0.1, 0.15) is 13.3 Å². The van der Waals surface area contributed by atoms with Gasteiger partial charge in [0.15, 0.2) is 0 Å². The van der Waals surface area contributed by atoms with Gasteiger partial charge in [0.25, 0.3) is 0 Å². The molecule has 1 rings (SSSR count). The molecule has 1 aliphatic heterocycles. The average molecular weight is 180 g/mol. The Hall–Kier alpha value is -1.83. The first kappa shape index (κ1) is 9.26. The number of hydrogen-bond acceptors (Lipinski definition) is 3. The Kier molecular flexibility index (Phi) is 2.65. The average Bonchev–Trinajstić information content (AvgIpc) is 2.32. The van der Waals surface area contributed by atoms with Crippen molar-refractivity contribution in [1.29, 1.82) is 0 Å². The molecule has 0 aromatic heterocycles. The summed E-state index contributed by atoms with van der Waals surface area (Å²) in [5.74, 6) is 3.65. The van der Waals surface area contributed by atoms with E-state index in [1.54, 1.807) is 6.92 Å². The van der Waals surface area contributed by atoms with E-state index < -0.39 is 17.8 Å². The van der Waals surface area contributed by atoms with Crippen molar-refractivity contribution < 1.29 is 14.4 Å². The lowest BCUT2D eigenvalue weighted by atomic mass is 10.4. The van der Waals surface area contributed by atoms with Crippen molar-refractivity contribution in [2.24, 2.45) is 0 Å². The summed E-state index contributed by atoms with van der Waals surface area (Å²) in [7, 11) is 0. The minimum absolute atomic E-state index is 0.164. The van der Waals surface area contributed by atoms with Gasteiger partial charge in [-0.1, -0.05) is 0 Å². The fourth-order valence-electron chi connectivity index (χ4n) is 0.929. The van der Waals surface area contributed by atoms with Crippen LogP contribution in [0, 0.1) is 11.8 Å². The molecule has 0 aromatic carbocycles. The molecule has 1 saturated heterocycles. The van der Waals surface area contributed by atoms with Crippen LogP contribution in [0.4, 0.5) is 4.79 Å². The maximum Gasteiger partial charge on any atom is 0.331 e. The molecule has 13 heavy (non-hydrogen) atoms. The Balaban J connectivity index is 2.57. The van der Waals surface area contributed by atoms with E-state index in [2.05, 4.69) is 11.8 Å². The number of nitrogens with one attached hydrogen (secondary N) is 1. The van der Waals surface area contributed by atoms with Crippen molar-refractivity contribution in [1.82, 2.24) is 10.2 Å². The van der Waals surface area contributed by atoms with Gasteiger partial charge in [-0.15, -0.1) is 11.8 Å². The van der Waals surface area contributed by atoms with Crippen LogP contribution in [0.5, 0.6) is 0 Å². The molecule has 1 heterocycles. The van der Waals surface area contributed by atoms with Gasteiger partial charge in [0, 0.05) is 13.0 Å². The van der Waals surface area contributed by atoms with Gasteiger partial charge < -0.3 is 0 Å². The fourth-order valence-corrected chi connectivity index (χ4v) is 0.929. The Morgan fingerprint density at radius 1 is 1.38 bits per heavy atom. The molecule has 68 valence electrons. The monoisotopic (exact) mass is 180 g/mol. The van der Waals surface area contributed by atoms with E-state index >= 15 is 0 Å². The van der Waals surface area contributed by atoms with Gasteiger partial charge in [0.1, 0.15) is 0 Å². The molecule has 4 amide bonds. The first-order chi connectivity index (χ1) is 6.16. The quantitative estimate of drug-likeness (QED) is 0.353. The number of carbonyl (C=O) groups is 3. The van der Waals surface area contributed by atoms with Gasteiger partial charge in [0.2, 0.25) is 0 Å². The number of amides is 4. The molecule has 0 saturated carbocycles. The summed E-state index contributed by atoms with van der Waals surface area (Å²) in [6.45, 7) is 1.83. The number of rotatable bonds is 2. The van der Waals surface area contributed by atoms with Gasteiger partial charge in [0.05, 0.1) is 0 Å². The van der Waals surface area contributed by atoms with Crippen LogP contribution in [0.15, 0.2) is 0 Å². The van der Waals surface area contributed by atoms with Crippen LogP contribution in [0.25, 0.3) is 0 Å². The summed E-state index contributed by atoms with van der Waals surface area (Å²) in [5.41, 5.74) is 0. The van der Waals surface area contributed by atoms with Crippen molar-refractivity contribution in [2.45, 2.75) is 13.3 Å². The molecular formula is C8H8N2O3. The molecule has 0 radical (unpaired) electrons. The molecule has 5 heteroatoms. The van der Waals surface area contributed by atoms with E-state index in [1.165, 1.54) is 0 Å². The van der Waals surface area contributed by atoms with E-state index in [9.17, 15) is 14.4 Å². The second-order valence-electron chi connectivity index (χ2n) is 2.39. The van der Waals surface area contributed by atoms with Crippen LogP contribution >= 0.6 is 0 Å². The Morgan fingerprint density at radius 3 is 2.54 bits per heavy atom. The third-order valence-corrected chi connectivity index (χ3v) is 1.54. The fraction of sp³-hybridized carbons (Fsp3) is 0.375. The number of urea groups is 1. The molecule has 0 aromatic rings. The Labute approximate surface area is 75.1 Å². The lowest BCUT2D eigenvalue weighted by Gasteiger charge is -2.07. The largest absolute Gasteiger partial charge is 0.331 e. The highest BCUT2D eigenvalue weighted by Crippen LogP contribution is 2.00. The molecule has 0 unspecified atom stereocenters. The molecule has 1 N–H and O–H groups in total. The van der Waals surface area contributed by atoms with Crippen LogP contribution in [0.2, 0.25) is 0 Å². The topological polar surface area (TPSA) is 66.5 Å². The molecule has 0 spiro atoms. The van der Waals surface area contributed by atoms with Crippen molar-refractivity contribution in [3.05, 3.63) is 0 Å². The van der Waals surface area contributed by atoms with Crippen molar-refractivity contribution in [3.63, 3.8) is 0 Å². The lowest BCUT2D eigenvalue weighted by molar-refractivity contribution is -0.140. The van der Waals surface area contributed by atoms with Crippen LogP contribution in [-0.2, 0) is 9.59 Å². The van der Waals surface area contributed by atoms with E-state index in [-0.39, 0.29) is 6.54 Å². The summed E-state index contributed by atoms with van der Waals surface area (Å²) in [6.07, 6.45) is 0.392. The Morgan fingerprint density at radius 2 is 2.08 bits per heavy atom. The molecular weight excluding hydrogens is 172 g/mol. The molecule has 1 aliphatic rings. The smallest absolute Gasteiger partial charge is 0.269 e. The number of hydrogen-bond donors (Lipinski definition) is 1. The SMILES string of the molecule is CC#CCCN1C(=O)NC(=O)C1=O. The number of nitrogens with zero attached hydrogens (tertiary/aromatic N) is 1. The van der Waals surface area contributed by atoms with Crippen LogP contribution in [0.3, 0.4) is 0 Å². The van der Waals surface area contributed by atoms with Crippen molar-refractivity contribution >= 4 is 17.8 Å². The number of carbonyl (C=O) groups excluding carboxylic acids is 3. The zero-order chi connectivity index (χ0) is 9.84. The highest BCUT2D eigenvalue weighted by Gasteiger charge is 2.35. The predicted octanol–water partition coefficient (Wildman–Crippen LogP) is -0.522. The van der Waals surface area contributed by atoms with E-state index in [4.69, 9.17) is 0 Å². The first-order valence-electron chi connectivity index (χ1n) is 3.73. The summed E-state index contributed by atoms with van der Waals surface area (Å²) in [6, 6.07) is -0.659. The van der Waals surface area contributed by atoms with Gasteiger partial charge in [-0.2, -0.15) is 0 Å². The minimum Gasteiger partial charge on any atom is -0.269 e. The highest BCUT2D eigenvalue weighted by atomic mass is 16.2. The predicted molar refractivity (Wildman–Crippen MR) is 43.3 cm³/mol. The van der Waals surface area contributed by atoms with Gasteiger partial charge >= 0.3 is 17.8 Å². The number of imide groups is 2.